The van der Waals surface area contributed by atoms with Gasteiger partial charge in [-0.15, -0.1) is 6.58 Å². The van der Waals surface area contributed by atoms with Gasteiger partial charge in [-0.3, -0.25) is 14.8 Å². The van der Waals surface area contributed by atoms with Gasteiger partial charge in [0, 0.05) is 61.7 Å². The number of unbranched alkanes of at least 4 members (excludes halogenated alkanes) is 2. The van der Waals surface area contributed by atoms with Gasteiger partial charge in [0.2, 0.25) is 5.79 Å². The number of fused-ring (bicyclic) bond motifs is 2. The number of aromatic nitrogens is 2. The molecule has 0 radical (unpaired) electrons. The van der Waals surface area contributed by atoms with Crippen LogP contribution in [0.3, 0.4) is 0 Å². The molecule has 3 aliphatic rings. The number of ether oxygens (including phenoxy) is 3. The van der Waals surface area contributed by atoms with E-state index in [4.69, 9.17) is 24.2 Å². The Labute approximate surface area is 345 Å². The number of rotatable bonds is 21. The summed E-state index contributed by atoms with van der Waals surface area (Å²) in [7, 11) is 0. The van der Waals surface area contributed by atoms with Crippen molar-refractivity contribution < 1.29 is 34.1 Å². The number of allylic oxidation sites excluding steroid dienone is 1. The minimum Gasteiger partial charge on any atom is -0.460 e. The maximum Gasteiger partial charge on any atom is 0.230 e. The molecule has 0 bridgehead atoms. The lowest BCUT2D eigenvalue weighted by atomic mass is 9.56. The Morgan fingerprint density at radius 2 is 1.79 bits per heavy atom. The smallest absolute Gasteiger partial charge is 0.230 e. The molecule has 11 heteroatoms. The molecule has 58 heavy (non-hydrogen) atoms. The van der Waals surface area contributed by atoms with Gasteiger partial charge in [0.05, 0.1) is 29.2 Å². The first-order valence-corrected chi connectivity index (χ1v) is 21.5. The van der Waals surface area contributed by atoms with Crippen molar-refractivity contribution in [3.05, 3.63) is 138 Å². The fourth-order valence-electron chi connectivity index (χ4n) is 8.85. The van der Waals surface area contributed by atoms with Crippen LogP contribution >= 0.6 is 11.8 Å². The first-order chi connectivity index (χ1) is 28.6. The summed E-state index contributed by atoms with van der Waals surface area (Å²) in [6.45, 7) is 4.93. The van der Waals surface area contributed by atoms with Gasteiger partial charge in [-0.1, -0.05) is 72.6 Å². The van der Waals surface area contributed by atoms with E-state index in [9.17, 15) is 15.0 Å². The van der Waals surface area contributed by atoms with Crippen molar-refractivity contribution in [1.29, 1.82) is 0 Å². The summed E-state index contributed by atoms with van der Waals surface area (Å²) in [4.78, 5) is 26.6. The van der Waals surface area contributed by atoms with Crippen molar-refractivity contribution in [3.63, 3.8) is 0 Å². The van der Waals surface area contributed by atoms with Crippen molar-refractivity contribution in [3.8, 4) is 17.2 Å². The van der Waals surface area contributed by atoms with Crippen LogP contribution < -0.4 is 9.47 Å². The lowest BCUT2D eigenvalue weighted by molar-refractivity contribution is -0.223. The molecule has 1 saturated carbocycles. The minimum atomic E-state index is -1.09. The molecule has 0 unspecified atom stereocenters. The summed E-state index contributed by atoms with van der Waals surface area (Å²) < 4.78 is 20.8. The number of hydrogen-bond acceptors (Lipinski definition) is 11. The highest BCUT2D eigenvalue weighted by Gasteiger charge is 2.64. The minimum absolute atomic E-state index is 0.0843. The second-order valence-electron chi connectivity index (χ2n) is 15.1. The molecule has 1 aliphatic heterocycles. The van der Waals surface area contributed by atoms with E-state index < -0.39 is 5.79 Å². The van der Waals surface area contributed by atoms with E-state index in [2.05, 4.69) is 28.7 Å². The van der Waals surface area contributed by atoms with Gasteiger partial charge in [-0.2, -0.15) is 11.8 Å². The van der Waals surface area contributed by atoms with Crippen molar-refractivity contribution >= 4 is 23.8 Å². The van der Waals surface area contributed by atoms with E-state index in [0.717, 1.165) is 78.0 Å². The summed E-state index contributed by atoms with van der Waals surface area (Å²) in [6.07, 6.45) is 16.4. The van der Waals surface area contributed by atoms with Gasteiger partial charge in [0.25, 0.3) is 0 Å². The Kier molecular flexibility index (Phi) is 14.4. The standard InChI is InChI=1S/C47H53N3O7S/c1-2-24-54-47-44(58-25-19-36-30-48-20-21-49-36)29-42(50-55-32-33-11-4-3-5-12-33)40-27-35(14-6-8-22-51)39(16-7-9-23-52)45(46(40)47)41-28-38(17-18-43(41)57-47)56-37-15-10-13-34(26-37)31-53/h2-5,10-13,15,17-18,20-21,26-28,30-31,35,39,44-46,51-52H,1,6-9,14,16,19,22-25,29,32H2/t35-,39+,44-,45+,46+,47+/m0/s1. The Hall–Kier alpha value is -4.81. The predicted molar refractivity (Wildman–Crippen MR) is 226 cm³/mol. The van der Waals surface area contributed by atoms with E-state index in [1.54, 1.807) is 42.4 Å². The van der Waals surface area contributed by atoms with Crippen LogP contribution in [0.4, 0.5) is 0 Å². The molecule has 3 aromatic carbocycles. The number of hydrogen-bond donors (Lipinski definition) is 2. The molecule has 10 nitrogen and oxygen atoms in total. The number of aldehydes is 1. The number of thioether (sulfide) groups is 1. The maximum atomic E-state index is 11.6. The quantitative estimate of drug-likeness (QED) is 0.0364. The van der Waals surface area contributed by atoms with Gasteiger partial charge in [0.15, 0.2) is 0 Å². The number of carbonyl (C=O) groups is 1. The van der Waals surface area contributed by atoms with Crippen molar-refractivity contribution in [2.75, 3.05) is 25.6 Å². The molecular formula is C47H53N3O7S. The van der Waals surface area contributed by atoms with Crippen molar-refractivity contribution in [2.24, 2.45) is 22.9 Å². The summed E-state index contributed by atoms with van der Waals surface area (Å²) >= 11 is 1.79. The van der Waals surface area contributed by atoms with E-state index in [1.807, 2.05) is 60.8 Å². The molecule has 1 fully saturated rings. The van der Waals surface area contributed by atoms with Crippen LogP contribution in [0.5, 0.6) is 17.2 Å². The number of nitrogens with zero attached hydrogens (tertiary/aromatic N) is 3. The number of oxime groups is 1. The number of benzene rings is 3. The third-order valence-corrected chi connectivity index (χ3v) is 12.7. The second-order valence-corrected chi connectivity index (χ2v) is 16.4. The van der Waals surface area contributed by atoms with Crippen molar-refractivity contribution in [1.82, 2.24) is 9.97 Å². The van der Waals surface area contributed by atoms with Crippen molar-refractivity contribution in [2.45, 2.75) is 74.9 Å². The number of aliphatic hydroxyl groups is 2. The third-order valence-electron chi connectivity index (χ3n) is 11.4. The summed E-state index contributed by atoms with van der Waals surface area (Å²) in [6, 6.07) is 23.2. The number of aryl methyl sites for hydroxylation is 1. The van der Waals surface area contributed by atoms with E-state index in [0.29, 0.717) is 42.9 Å². The van der Waals surface area contributed by atoms with E-state index in [-0.39, 0.29) is 48.7 Å². The first kappa shape index (κ1) is 41.4. The normalized spacial score (nSPS) is 23.9. The molecule has 6 atom stereocenters. The maximum absolute atomic E-state index is 11.6. The Morgan fingerprint density at radius 3 is 2.57 bits per heavy atom. The Bertz CT molecular complexity index is 2030. The average Bonchev–Trinajstić information content (AvgIpc) is 3.25. The Morgan fingerprint density at radius 1 is 0.966 bits per heavy atom. The fraction of sp³-hybridized carbons (Fsp3) is 0.404. The highest BCUT2D eigenvalue weighted by Crippen LogP contribution is 2.62. The third kappa shape index (κ3) is 9.55. The van der Waals surface area contributed by atoms with E-state index in [1.165, 1.54) is 0 Å². The molecule has 2 aliphatic carbocycles. The van der Waals surface area contributed by atoms with Crippen LogP contribution in [0.25, 0.3) is 0 Å². The molecular weight excluding hydrogens is 751 g/mol. The SMILES string of the molecule is C=CCO[C@@]12Oc3ccc(Oc4cccc(C=O)c4)cc3[C@H]3[C@H](CCCCO)[C@@H](CCCCO)C=C(C(=NOCc4ccccc4)C[C@@H]1SCCc1cnccn1)[C@H]32. The molecule has 4 aromatic rings. The zero-order valence-corrected chi connectivity index (χ0v) is 33.7. The van der Waals surface area contributed by atoms with Crippen LogP contribution in [0, 0.1) is 17.8 Å². The fourth-order valence-corrected chi connectivity index (χ4v) is 10.2. The van der Waals surface area contributed by atoms with Crippen LogP contribution in [-0.4, -0.2) is 68.8 Å². The van der Waals surface area contributed by atoms with Crippen LogP contribution in [0.2, 0.25) is 0 Å². The molecule has 2 N–H and O–H groups in total. The number of aliphatic hydroxyl groups excluding tert-OH is 2. The highest BCUT2D eigenvalue weighted by atomic mass is 32.2. The average molecular weight is 804 g/mol. The molecule has 2 heterocycles. The monoisotopic (exact) mass is 803 g/mol. The number of carbonyl (C=O) groups excluding carboxylic acids is 1. The zero-order chi connectivity index (χ0) is 40.2. The largest absolute Gasteiger partial charge is 0.460 e. The van der Waals surface area contributed by atoms with E-state index >= 15 is 0 Å². The summed E-state index contributed by atoms with van der Waals surface area (Å²) in [5.41, 5.74) is 5.45. The Balaban J connectivity index is 1.36. The van der Waals surface area contributed by atoms with Gasteiger partial charge in [-0.05, 0) is 84.7 Å². The lowest BCUT2D eigenvalue weighted by Gasteiger charge is -2.58. The van der Waals surface area contributed by atoms with Crippen LogP contribution in [-0.2, 0) is 22.6 Å². The highest BCUT2D eigenvalue weighted by molar-refractivity contribution is 8.00. The van der Waals surface area contributed by atoms with Gasteiger partial charge >= 0.3 is 0 Å². The topological polar surface area (TPSA) is 133 Å². The van der Waals surface area contributed by atoms with Gasteiger partial charge < -0.3 is 29.3 Å². The molecule has 304 valence electrons. The van der Waals surface area contributed by atoms with Crippen LogP contribution in [0.15, 0.2) is 121 Å². The van der Waals surface area contributed by atoms with Crippen LogP contribution in [0.1, 0.15) is 78.0 Å². The molecule has 7 rings (SSSR count). The zero-order valence-electron chi connectivity index (χ0n) is 32.9. The molecule has 0 saturated heterocycles. The molecule has 1 aromatic heterocycles. The molecule has 0 amide bonds. The van der Waals surface area contributed by atoms with Gasteiger partial charge in [0.1, 0.15) is 30.1 Å². The molecule has 0 spiro atoms. The summed E-state index contributed by atoms with van der Waals surface area (Å²) in [5, 5.41) is 24.5. The summed E-state index contributed by atoms with van der Waals surface area (Å²) in [5.74, 6) is 1.55. The lowest BCUT2D eigenvalue weighted by Crippen LogP contribution is -2.64. The second kappa shape index (κ2) is 20.2. The first-order valence-electron chi connectivity index (χ1n) is 20.4. The van der Waals surface area contributed by atoms with Gasteiger partial charge in [-0.25, -0.2) is 0 Å². The predicted octanol–water partition coefficient (Wildman–Crippen LogP) is 8.89.